The van der Waals surface area contributed by atoms with Crippen LogP contribution >= 0.6 is 15.9 Å². The fourth-order valence-electron chi connectivity index (χ4n) is 2.63. The Morgan fingerprint density at radius 3 is 2.67 bits per heavy atom. The van der Waals surface area contributed by atoms with E-state index in [1.54, 1.807) is 12.1 Å². The zero-order chi connectivity index (χ0) is 15.6. The van der Waals surface area contributed by atoms with Gasteiger partial charge in [0.1, 0.15) is 0 Å². The third-order valence-corrected chi connectivity index (χ3v) is 6.79. The number of sulfonamides is 1. The maximum absolute atomic E-state index is 12.8. The van der Waals surface area contributed by atoms with Gasteiger partial charge in [0, 0.05) is 30.1 Å². The van der Waals surface area contributed by atoms with Crippen molar-refractivity contribution in [1.29, 1.82) is 0 Å². The van der Waals surface area contributed by atoms with E-state index < -0.39 is 10.0 Å². The van der Waals surface area contributed by atoms with Crippen LogP contribution in [0.5, 0.6) is 0 Å². The average molecular weight is 377 g/mol. The Hall–Kier alpha value is -0.470. The summed E-state index contributed by atoms with van der Waals surface area (Å²) in [5, 5.41) is 9.21. The Morgan fingerprint density at radius 1 is 1.38 bits per heavy atom. The van der Waals surface area contributed by atoms with Crippen LogP contribution in [0.4, 0.5) is 0 Å². The Balaban J connectivity index is 2.31. The standard InChI is InChI=1S/C14H21BrN2O3S/c1-3-16-6-7-17(9-11(16)2)21(19,20)14-8-12(10-18)4-5-13(14)15/h4-5,8,11,18H,3,6-7,9-10H2,1-2H3. The van der Waals surface area contributed by atoms with Crippen LogP contribution in [0.2, 0.25) is 0 Å². The van der Waals surface area contributed by atoms with E-state index in [0.29, 0.717) is 23.1 Å². The van der Waals surface area contributed by atoms with E-state index in [9.17, 15) is 13.5 Å². The topological polar surface area (TPSA) is 60.9 Å². The minimum absolute atomic E-state index is 0.171. The summed E-state index contributed by atoms with van der Waals surface area (Å²) < 4.78 is 27.7. The molecule has 1 unspecified atom stereocenters. The van der Waals surface area contributed by atoms with Crippen molar-refractivity contribution in [2.45, 2.75) is 31.4 Å². The summed E-state index contributed by atoms with van der Waals surface area (Å²) in [6.45, 7) is 6.62. The second kappa shape index (κ2) is 6.75. The second-order valence-corrected chi connectivity index (χ2v) is 8.02. The summed E-state index contributed by atoms with van der Waals surface area (Å²) in [4.78, 5) is 2.50. The van der Waals surface area contributed by atoms with Gasteiger partial charge >= 0.3 is 0 Å². The first-order chi connectivity index (χ1) is 9.90. The molecule has 0 saturated carbocycles. The van der Waals surface area contributed by atoms with Gasteiger partial charge in [-0.2, -0.15) is 4.31 Å². The first kappa shape index (κ1) is 16.9. The van der Waals surface area contributed by atoms with Gasteiger partial charge in [0.2, 0.25) is 10.0 Å². The van der Waals surface area contributed by atoms with Crippen molar-refractivity contribution < 1.29 is 13.5 Å². The molecule has 1 aromatic rings. The molecule has 118 valence electrons. The van der Waals surface area contributed by atoms with Crippen molar-refractivity contribution in [2.75, 3.05) is 26.2 Å². The van der Waals surface area contributed by atoms with Crippen LogP contribution in [0, 0.1) is 0 Å². The van der Waals surface area contributed by atoms with Crippen molar-refractivity contribution >= 4 is 26.0 Å². The number of piperazine rings is 1. The third kappa shape index (κ3) is 3.48. The van der Waals surface area contributed by atoms with Crippen LogP contribution in [-0.4, -0.2) is 55.0 Å². The molecule has 5 nitrogen and oxygen atoms in total. The predicted molar refractivity (Wildman–Crippen MR) is 85.5 cm³/mol. The van der Waals surface area contributed by atoms with E-state index >= 15 is 0 Å². The molecular formula is C14H21BrN2O3S. The van der Waals surface area contributed by atoms with Gasteiger partial charge in [-0.3, -0.25) is 4.90 Å². The Labute approximate surface area is 134 Å². The van der Waals surface area contributed by atoms with Crippen LogP contribution in [0.3, 0.4) is 0 Å². The molecule has 2 rings (SSSR count). The van der Waals surface area contributed by atoms with Gasteiger partial charge in [0.05, 0.1) is 11.5 Å². The van der Waals surface area contributed by atoms with Crippen molar-refractivity contribution in [2.24, 2.45) is 0 Å². The maximum atomic E-state index is 12.8. The monoisotopic (exact) mass is 376 g/mol. The predicted octanol–water partition coefficient (Wildman–Crippen LogP) is 1.66. The van der Waals surface area contributed by atoms with Crippen LogP contribution in [0.1, 0.15) is 19.4 Å². The summed E-state index contributed by atoms with van der Waals surface area (Å²) in [5.74, 6) is 0. The first-order valence-corrected chi connectivity index (χ1v) is 9.27. The van der Waals surface area contributed by atoms with Gasteiger partial charge in [-0.15, -0.1) is 0 Å². The molecule has 1 saturated heterocycles. The zero-order valence-electron chi connectivity index (χ0n) is 12.3. The zero-order valence-corrected chi connectivity index (χ0v) is 14.7. The van der Waals surface area contributed by atoms with E-state index in [2.05, 4.69) is 27.8 Å². The summed E-state index contributed by atoms with van der Waals surface area (Å²) in [6, 6.07) is 5.12. The van der Waals surface area contributed by atoms with E-state index in [0.717, 1.165) is 13.1 Å². The molecule has 0 radical (unpaired) electrons. The quantitative estimate of drug-likeness (QED) is 0.867. The Bertz CT molecular complexity index is 606. The van der Waals surface area contributed by atoms with E-state index in [1.807, 2.05) is 6.92 Å². The van der Waals surface area contributed by atoms with Crippen LogP contribution in [0.15, 0.2) is 27.6 Å². The number of hydrogen-bond donors (Lipinski definition) is 1. The van der Waals surface area contributed by atoms with E-state index in [1.165, 1.54) is 10.4 Å². The molecule has 1 N–H and O–H groups in total. The van der Waals surface area contributed by atoms with E-state index in [4.69, 9.17) is 0 Å². The summed E-state index contributed by atoms with van der Waals surface area (Å²) in [6.07, 6.45) is 0. The number of aliphatic hydroxyl groups excluding tert-OH is 1. The summed E-state index contributed by atoms with van der Waals surface area (Å²) >= 11 is 3.30. The van der Waals surface area contributed by atoms with Crippen molar-refractivity contribution in [1.82, 2.24) is 9.21 Å². The largest absolute Gasteiger partial charge is 0.392 e. The average Bonchev–Trinajstić information content (AvgIpc) is 2.47. The molecule has 1 aromatic carbocycles. The third-order valence-electron chi connectivity index (χ3n) is 3.93. The van der Waals surface area contributed by atoms with Crippen LogP contribution < -0.4 is 0 Å². The molecule has 0 bridgehead atoms. The highest BCUT2D eigenvalue weighted by atomic mass is 79.9. The molecule has 0 spiro atoms. The van der Waals surface area contributed by atoms with Gasteiger partial charge in [0.25, 0.3) is 0 Å². The first-order valence-electron chi connectivity index (χ1n) is 7.03. The number of aliphatic hydroxyl groups is 1. The highest BCUT2D eigenvalue weighted by Crippen LogP contribution is 2.27. The fourth-order valence-corrected chi connectivity index (χ4v) is 5.12. The Morgan fingerprint density at radius 2 is 2.10 bits per heavy atom. The molecule has 1 atom stereocenters. The molecular weight excluding hydrogens is 356 g/mol. The summed E-state index contributed by atoms with van der Waals surface area (Å²) in [5.41, 5.74) is 0.594. The van der Waals surface area contributed by atoms with Crippen molar-refractivity contribution in [3.05, 3.63) is 28.2 Å². The molecule has 0 amide bonds. The van der Waals surface area contributed by atoms with Gasteiger partial charge in [-0.1, -0.05) is 13.0 Å². The minimum atomic E-state index is -3.54. The highest BCUT2D eigenvalue weighted by Gasteiger charge is 2.32. The van der Waals surface area contributed by atoms with Crippen LogP contribution in [-0.2, 0) is 16.6 Å². The number of rotatable bonds is 4. The van der Waals surface area contributed by atoms with Crippen LogP contribution in [0.25, 0.3) is 0 Å². The molecule has 7 heteroatoms. The molecule has 1 aliphatic rings. The molecule has 1 heterocycles. The molecule has 0 aromatic heterocycles. The van der Waals surface area contributed by atoms with Gasteiger partial charge in [-0.25, -0.2) is 8.42 Å². The molecule has 1 fully saturated rings. The van der Waals surface area contributed by atoms with E-state index in [-0.39, 0.29) is 17.5 Å². The molecule has 1 aliphatic heterocycles. The highest BCUT2D eigenvalue weighted by molar-refractivity contribution is 9.10. The lowest BCUT2D eigenvalue weighted by molar-refractivity contribution is 0.135. The lowest BCUT2D eigenvalue weighted by Gasteiger charge is -2.38. The lowest BCUT2D eigenvalue weighted by Crippen LogP contribution is -2.53. The van der Waals surface area contributed by atoms with Gasteiger partial charge in [0.15, 0.2) is 0 Å². The number of likely N-dealkylation sites (N-methyl/N-ethyl adjacent to an activating group) is 1. The van der Waals surface area contributed by atoms with Crippen molar-refractivity contribution in [3.63, 3.8) is 0 Å². The van der Waals surface area contributed by atoms with Gasteiger partial charge in [-0.05, 0) is 47.1 Å². The SMILES string of the molecule is CCN1CCN(S(=O)(=O)c2cc(CO)ccc2Br)CC1C. The normalized spacial score (nSPS) is 21.6. The number of benzene rings is 1. The van der Waals surface area contributed by atoms with Gasteiger partial charge < -0.3 is 5.11 Å². The Kier molecular flexibility index (Phi) is 5.43. The number of halogens is 1. The minimum Gasteiger partial charge on any atom is -0.392 e. The summed E-state index contributed by atoms with van der Waals surface area (Å²) in [7, 11) is -3.54. The van der Waals surface area contributed by atoms with Crippen molar-refractivity contribution in [3.8, 4) is 0 Å². The molecule has 0 aliphatic carbocycles. The maximum Gasteiger partial charge on any atom is 0.244 e. The lowest BCUT2D eigenvalue weighted by atomic mass is 10.2. The second-order valence-electron chi connectivity index (χ2n) is 5.26. The number of hydrogen-bond acceptors (Lipinski definition) is 4. The smallest absolute Gasteiger partial charge is 0.244 e. The fraction of sp³-hybridized carbons (Fsp3) is 0.571. The molecule has 21 heavy (non-hydrogen) atoms. The number of nitrogens with zero attached hydrogens (tertiary/aromatic N) is 2.